The summed E-state index contributed by atoms with van der Waals surface area (Å²) >= 11 is 0. The molecular weight excluding hydrogens is 182 g/mol. The normalized spacial score (nSPS) is 12.9. The van der Waals surface area contributed by atoms with Gasteiger partial charge in [0.15, 0.2) is 0 Å². The molecule has 0 aromatic carbocycles. The molecule has 0 bridgehead atoms. The summed E-state index contributed by atoms with van der Waals surface area (Å²) in [7, 11) is 3.79. The van der Waals surface area contributed by atoms with Gasteiger partial charge in [0, 0.05) is 19.6 Å². The molecule has 0 aromatic rings. The molecule has 0 rings (SSSR count). The molecule has 0 spiro atoms. The third-order valence-corrected chi connectivity index (χ3v) is 1.62. The number of carbonyl (C=O) groups excluding carboxylic acids is 1. The predicted molar refractivity (Wildman–Crippen MR) is 56.1 cm³/mol. The van der Waals surface area contributed by atoms with Crippen LogP contribution in [-0.2, 0) is 4.79 Å². The lowest BCUT2D eigenvalue weighted by Gasteiger charge is -2.16. The zero-order chi connectivity index (χ0) is 11.0. The number of aliphatic hydroxyl groups excluding tert-OH is 1. The highest BCUT2D eigenvalue weighted by Gasteiger charge is 2.05. The number of nitrogens with zero attached hydrogens (tertiary/aromatic N) is 1. The lowest BCUT2D eigenvalue weighted by Crippen LogP contribution is -2.40. The molecule has 1 atom stereocenters. The van der Waals surface area contributed by atoms with Crippen LogP contribution in [0, 0.1) is 0 Å². The molecule has 1 unspecified atom stereocenters. The molecule has 3 N–H and O–H groups in total. The molecule has 0 saturated heterocycles. The standard InChI is InChI=1S/C9H21N3O2/c1-4-11-9(14)6-10-5-8(13)7-12(2)3/h8,10,13H,4-7H2,1-3H3,(H,11,14). The van der Waals surface area contributed by atoms with Gasteiger partial charge in [-0.2, -0.15) is 0 Å². The van der Waals surface area contributed by atoms with E-state index in [0.29, 0.717) is 19.6 Å². The summed E-state index contributed by atoms with van der Waals surface area (Å²) in [6, 6.07) is 0. The van der Waals surface area contributed by atoms with E-state index in [9.17, 15) is 9.90 Å². The first-order valence-corrected chi connectivity index (χ1v) is 4.86. The van der Waals surface area contributed by atoms with Crippen LogP contribution in [0.15, 0.2) is 0 Å². The molecule has 1 amide bonds. The van der Waals surface area contributed by atoms with E-state index in [1.807, 2.05) is 25.9 Å². The van der Waals surface area contributed by atoms with Crippen LogP contribution in [0.3, 0.4) is 0 Å². The van der Waals surface area contributed by atoms with Crippen LogP contribution in [0.4, 0.5) is 0 Å². The van der Waals surface area contributed by atoms with Crippen LogP contribution >= 0.6 is 0 Å². The Hall–Kier alpha value is -0.650. The number of carbonyl (C=O) groups is 1. The molecule has 5 nitrogen and oxygen atoms in total. The van der Waals surface area contributed by atoms with Crippen LogP contribution in [-0.4, -0.2) is 62.3 Å². The zero-order valence-electron chi connectivity index (χ0n) is 9.21. The van der Waals surface area contributed by atoms with Crippen LogP contribution < -0.4 is 10.6 Å². The number of aliphatic hydroxyl groups is 1. The third kappa shape index (κ3) is 7.97. The van der Waals surface area contributed by atoms with Gasteiger partial charge < -0.3 is 20.6 Å². The molecular formula is C9H21N3O2. The number of hydrogen-bond donors (Lipinski definition) is 3. The van der Waals surface area contributed by atoms with Gasteiger partial charge in [0.05, 0.1) is 12.6 Å². The maximum Gasteiger partial charge on any atom is 0.233 e. The fourth-order valence-corrected chi connectivity index (χ4v) is 1.10. The summed E-state index contributed by atoms with van der Waals surface area (Å²) in [4.78, 5) is 12.9. The molecule has 0 radical (unpaired) electrons. The van der Waals surface area contributed by atoms with Gasteiger partial charge in [-0.05, 0) is 21.0 Å². The van der Waals surface area contributed by atoms with Crippen molar-refractivity contribution in [2.75, 3.05) is 40.3 Å². The van der Waals surface area contributed by atoms with Crippen LogP contribution in [0.25, 0.3) is 0 Å². The fraction of sp³-hybridized carbons (Fsp3) is 0.889. The third-order valence-electron chi connectivity index (χ3n) is 1.62. The molecule has 0 heterocycles. The van der Waals surface area contributed by atoms with E-state index in [2.05, 4.69) is 10.6 Å². The second-order valence-electron chi connectivity index (χ2n) is 3.50. The number of nitrogens with one attached hydrogen (secondary N) is 2. The van der Waals surface area contributed by atoms with Crippen LogP contribution in [0.1, 0.15) is 6.92 Å². The molecule has 5 heteroatoms. The Kier molecular flexibility index (Phi) is 7.37. The summed E-state index contributed by atoms with van der Waals surface area (Å²) in [5.41, 5.74) is 0. The van der Waals surface area contributed by atoms with Crippen molar-refractivity contribution < 1.29 is 9.90 Å². The van der Waals surface area contributed by atoms with Crippen LogP contribution in [0.5, 0.6) is 0 Å². The van der Waals surface area contributed by atoms with E-state index in [1.54, 1.807) is 0 Å². The highest BCUT2D eigenvalue weighted by molar-refractivity contribution is 5.77. The maximum absolute atomic E-state index is 11.0. The van der Waals surface area contributed by atoms with Gasteiger partial charge in [0.2, 0.25) is 5.91 Å². The van der Waals surface area contributed by atoms with E-state index >= 15 is 0 Å². The van der Waals surface area contributed by atoms with Crippen molar-refractivity contribution in [3.63, 3.8) is 0 Å². The van der Waals surface area contributed by atoms with E-state index in [0.717, 1.165) is 0 Å². The monoisotopic (exact) mass is 203 g/mol. The molecule has 0 aliphatic rings. The van der Waals surface area contributed by atoms with Crippen LogP contribution in [0.2, 0.25) is 0 Å². The Balaban J connectivity index is 3.39. The van der Waals surface area contributed by atoms with Crippen molar-refractivity contribution in [2.45, 2.75) is 13.0 Å². The predicted octanol–water partition coefficient (Wildman–Crippen LogP) is -1.37. The Morgan fingerprint density at radius 2 is 2.14 bits per heavy atom. The number of hydrogen-bond acceptors (Lipinski definition) is 4. The smallest absolute Gasteiger partial charge is 0.233 e. The lowest BCUT2D eigenvalue weighted by atomic mass is 10.3. The van der Waals surface area contributed by atoms with E-state index < -0.39 is 6.10 Å². The Morgan fingerprint density at radius 3 is 2.64 bits per heavy atom. The van der Waals surface area contributed by atoms with Crippen molar-refractivity contribution in [2.24, 2.45) is 0 Å². The summed E-state index contributed by atoms with van der Waals surface area (Å²) in [6.45, 7) is 3.82. The summed E-state index contributed by atoms with van der Waals surface area (Å²) < 4.78 is 0. The van der Waals surface area contributed by atoms with Crippen molar-refractivity contribution in [3.05, 3.63) is 0 Å². The second kappa shape index (κ2) is 7.73. The topological polar surface area (TPSA) is 64.6 Å². The summed E-state index contributed by atoms with van der Waals surface area (Å²) in [5.74, 6) is -0.0375. The molecule has 0 aliphatic heterocycles. The Morgan fingerprint density at radius 1 is 1.50 bits per heavy atom. The molecule has 0 fully saturated rings. The number of likely N-dealkylation sites (N-methyl/N-ethyl adjacent to an activating group) is 2. The molecule has 0 saturated carbocycles. The van der Waals surface area contributed by atoms with E-state index in [4.69, 9.17) is 0 Å². The average molecular weight is 203 g/mol. The van der Waals surface area contributed by atoms with Gasteiger partial charge in [0.1, 0.15) is 0 Å². The van der Waals surface area contributed by atoms with Crippen molar-refractivity contribution >= 4 is 5.91 Å². The minimum absolute atomic E-state index is 0.0375. The lowest BCUT2D eigenvalue weighted by molar-refractivity contribution is -0.120. The van der Waals surface area contributed by atoms with Gasteiger partial charge in [-0.15, -0.1) is 0 Å². The minimum Gasteiger partial charge on any atom is -0.390 e. The summed E-state index contributed by atoms with van der Waals surface area (Å²) in [6.07, 6.45) is -0.431. The number of amides is 1. The van der Waals surface area contributed by atoms with Gasteiger partial charge in [0.25, 0.3) is 0 Å². The molecule has 14 heavy (non-hydrogen) atoms. The highest BCUT2D eigenvalue weighted by Crippen LogP contribution is 1.83. The van der Waals surface area contributed by atoms with Gasteiger partial charge in [-0.25, -0.2) is 0 Å². The van der Waals surface area contributed by atoms with Crippen molar-refractivity contribution in [1.29, 1.82) is 0 Å². The van der Waals surface area contributed by atoms with E-state index in [-0.39, 0.29) is 12.5 Å². The minimum atomic E-state index is -0.431. The van der Waals surface area contributed by atoms with Gasteiger partial charge in [-0.3, -0.25) is 4.79 Å². The first-order chi connectivity index (χ1) is 6.56. The van der Waals surface area contributed by atoms with Gasteiger partial charge >= 0.3 is 0 Å². The first kappa shape index (κ1) is 13.4. The molecule has 84 valence electrons. The number of rotatable bonds is 7. The van der Waals surface area contributed by atoms with Crippen molar-refractivity contribution in [1.82, 2.24) is 15.5 Å². The second-order valence-corrected chi connectivity index (χ2v) is 3.50. The molecule has 0 aliphatic carbocycles. The van der Waals surface area contributed by atoms with Crippen molar-refractivity contribution in [3.8, 4) is 0 Å². The average Bonchev–Trinajstić information content (AvgIpc) is 2.02. The zero-order valence-corrected chi connectivity index (χ0v) is 9.21. The summed E-state index contributed by atoms with van der Waals surface area (Å²) in [5, 5.41) is 15.0. The highest BCUT2D eigenvalue weighted by atomic mass is 16.3. The van der Waals surface area contributed by atoms with E-state index in [1.165, 1.54) is 0 Å². The SMILES string of the molecule is CCNC(=O)CNCC(O)CN(C)C. The van der Waals surface area contributed by atoms with Gasteiger partial charge in [-0.1, -0.05) is 0 Å². The Bertz CT molecular complexity index is 162. The maximum atomic E-state index is 11.0. The fourth-order valence-electron chi connectivity index (χ4n) is 1.10. The largest absolute Gasteiger partial charge is 0.390 e. The molecule has 0 aromatic heterocycles. The quantitative estimate of drug-likeness (QED) is 0.478. The first-order valence-electron chi connectivity index (χ1n) is 4.86. The Labute approximate surface area is 85.5 Å².